The van der Waals surface area contributed by atoms with Crippen LogP contribution in [-0.2, 0) is 24.4 Å². The molecule has 212 valence electrons. The number of imidazole rings is 1. The molecule has 2 amide bonds. The van der Waals surface area contributed by atoms with Crippen LogP contribution in [-0.4, -0.2) is 26.3 Å². The molecule has 3 aromatic heterocycles. The largest absolute Gasteiger partial charge is 0.347 e. The van der Waals surface area contributed by atoms with Crippen molar-refractivity contribution in [2.45, 2.75) is 52.2 Å². The average Bonchev–Trinajstić information content (AvgIpc) is 3.66. The highest BCUT2D eigenvalue weighted by Crippen LogP contribution is 2.31. The standard InChI is InChI=1S/C33H32N6O2S/c1-2-3-4-7-32(40)39(22-29-20-36-23-38(29)21-25-10-8-24(17-34)9-11-25)28-12-13-30-27(15-28)16-31(42-30)33(41)37-19-26-6-5-14-35-18-26/h5-6,8-16,18,20,23H,2-4,7,19,21-22H2,1H3,(H,37,41). The number of nitriles is 1. The molecule has 2 aromatic carbocycles. The Kier molecular flexibility index (Phi) is 9.37. The molecule has 1 N–H and O–H groups in total. The lowest BCUT2D eigenvalue weighted by Crippen LogP contribution is -2.31. The summed E-state index contributed by atoms with van der Waals surface area (Å²) < 4.78 is 3.01. The number of pyridine rings is 1. The second-order valence-corrected chi connectivity index (χ2v) is 11.2. The van der Waals surface area contributed by atoms with Gasteiger partial charge in [-0.15, -0.1) is 11.3 Å². The van der Waals surface area contributed by atoms with Crippen LogP contribution in [0.1, 0.15) is 64.7 Å². The van der Waals surface area contributed by atoms with Crippen molar-refractivity contribution in [3.8, 4) is 6.07 Å². The molecule has 0 radical (unpaired) electrons. The third-order valence-corrected chi connectivity index (χ3v) is 8.18. The van der Waals surface area contributed by atoms with E-state index in [1.165, 1.54) is 11.3 Å². The van der Waals surface area contributed by atoms with Crippen molar-refractivity contribution < 1.29 is 9.59 Å². The van der Waals surface area contributed by atoms with Crippen molar-refractivity contribution >= 4 is 38.9 Å². The number of aromatic nitrogens is 3. The number of carbonyl (C=O) groups excluding carboxylic acids is 2. The first-order valence-corrected chi connectivity index (χ1v) is 14.8. The van der Waals surface area contributed by atoms with E-state index < -0.39 is 0 Å². The van der Waals surface area contributed by atoms with Crippen molar-refractivity contribution in [3.63, 3.8) is 0 Å². The van der Waals surface area contributed by atoms with Gasteiger partial charge in [-0.05, 0) is 65.4 Å². The first-order valence-electron chi connectivity index (χ1n) is 14.0. The molecule has 0 aliphatic rings. The molecule has 0 spiro atoms. The van der Waals surface area contributed by atoms with Crippen LogP contribution in [0.15, 0.2) is 85.6 Å². The minimum Gasteiger partial charge on any atom is -0.347 e. The van der Waals surface area contributed by atoms with Gasteiger partial charge in [0, 0.05) is 48.5 Å². The zero-order chi connectivity index (χ0) is 29.3. The fourth-order valence-electron chi connectivity index (χ4n) is 4.73. The van der Waals surface area contributed by atoms with Gasteiger partial charge in [0.25, 0.3) is 5.91 Å². The molecule has 0 unspecified atom stereocenters. The Morgan fingerprint density at radius 3 is 2.64 bits per heavy atom. The number of rotatable bonds is 12. The van der Waals surface area contributed by atoms with Crippen LogP contribution in [0.5, 0.6) is 0 Å². The zero-order valence-electron chi connectivity index (χ0n) is 23.5. The summed E-state index contributed by atoms with van der Waals surface area (Å²) in [5.74, 6) is -0.0839. The van der Waals surface area contributed by atoms with E-state index in [-0.39, 0.29) is 11.8 Å². The highest BCUT2D eigenvalue weighted by atomic mass is 32.1. The molecule has 0 bridgehead atoms. The maximum Gasteiger partial charge on any atom is 0.261 e. The van der Waals surface area contributed by atoms with Gasteiger partial charge in [-0.25, -0.2) is 4.98 Å². The number of hydrogen-bond acceptors (Lipinski definition) is 6. The smallest absolute Gasteiger partial charge is 0.261 e. The normalized spacial score (nSPS) is 10.9. The zero-order valence-corrected chi connectivity index (χ0v) is 24.3. The van der Waals surface area contributed by atoms with Crippen LogP contribution in [0.25, 0.3) is 10.1 Å². The van der Waals surface area contributed by atoms with Gasteiger partial charge in [-0.1, -0.05) is 38.0 Å². The van der Waals surface area contributed by atoms with Gasteiger partial charge >= 0.3 is 0 Å². The Hall–Kier alpha value is -4.81. The number of fused-ring (bicyclic) bond motifs is 1. The summed E-state index contributed by atoms with van der Waals surface area (Å²) in [6, 6.07) is 21.2. The van der Waals surface area contributed by atoms with Gasteiger partial charge in [0.05, 0.1) is 35.1 Å². The summed E-state index contributed by atoms with van der Waals surface area (Å²) in [5.41, 5.74) is 4.29. The number of nitrogens with one attached hydrogen (secondary N) is 1. The summed E-state index contributed by atoms with van der Waals surface area (Å²) in [7, 11) is 0. The number of amides is 2. The van der Waals surface area contributed by atoms with Gasteiger partial charge in [0.2, 0.25) is 5.91 Å². The Bertz CT molecular complexity index is 1700. The average molecular weight is 577 g/mol. The molecule has 9 heteroatoms. The van der Waals surface area contributed by atoms with Gasteiger partial charge in [-0.2, -0.15) is 5.26 Å². The predicted octanol–water partition coefficient (Wildman–Crippen LogP) is 6.46. The maximum absolute atomic E-state index is 13.6. The Balaban J connectivity index is 1.37. The Morgan fingerprint density at radius 2 is 1.88 bits per heavy atom. The third-order valence-electron chi connectivity index (χ3n) is 7.06. The fourth-order valence-corrected chi connectivity index (χ4v) is 5.69. The number of hydrogen-bond donors (Lipinski definition) is 1. The quantitative estimate of drug-likeness (QED) is 0.172. The number of thiophene rings is 1. The van der Waals surface area contributed by atoms with E-state index in [9.17, 15) is 9.59 Å². The topological polar surface area (TPSA) is 104 Å². The van der Waals surface area contributed by atoms with Crippen molar-refractivity contribution in [1.29, 1.82) is 5.26 Å². The minimum atomic E-state index is -0.138. The molecular formula is C33H32N6O2S. The van der Waals surface area contributed by atoms with Crippen molar-refractivity contribution in [2.75, 3.05) is 4.90 Å². The molecule has 8 nitrogen and oxygen atoms in total. The lowest BCUT2D eigenvalue weighted by molar-refractivity contribution is -0.118. The second-order valence-electron chi connectivity index (χ2n) is 10.1. The van der Waals surface area contributed by atoms with E-state index in [2.05, 4.69) is 28.3 Å². The molecule has 0 aliphatic heterocycles. The van der Waals surface area contributed by atoms with E-state index in [1.54, 1.807) is 37.1 Å². The summed E-state index contributed by atoms with van der Waals surface area (Å²) in [5, 5.41) is 13.0. The maximum atomic E-state index is 13.6. The molecule has 5 rings (SSSR count). The minimum absolute atomic E-state index is 0.0542. The van der Waals surface area contributed by atoms with Crippen LogP contribution in [0, 0.1) is 11.3 Å². The second kappa shape index (κ2) is 13.7. The van der Waals surface area contributed by atoms with Crippen LogP contribution >= 0.6 is 11.3 Å². The first-order chi connectivity index (χ1) is 20.5. The molecule has 3 heterocycles. The molecule has 0 saturated heterocycles. The van der Waals surface area contributed by atoms with E-state index in [1.807, 2.05) is 58.0 Å². The third kappa shape index (κ3) is 7.09. The van der Waals surface area contributed by atoms with Gasteiger partial charge in [0.15, 0.2) is 0 Å². The molecule has 42 heavy (non-hydrogen) atoms. The molecular weight excluding hydrogens is 544 g/mol. The predicted molar refractivity (Wildman–Crippen MR) is 165 cm³/mol. The number of anilines is 1. The molecule has 5 aromatic rings. The van der Waals surface area contributed by atoms with Crippen LogP contribution < -0.4 is 10.2 Å². The van der Waals surface area contributed by atoms with Crippen LogP contribution in [0.2, 0.25) is 0 Å². The lowest BCUT2D eigenvalue weighted by Gasteiger charge is -2.24. The van der Waals surface area contributed by atoms with Crippen molar-refractivity contribution in [1.82, 2.24) is 19.9 Å². The lowest BCUT2D eigenvalue weighted by atomic mass is 10.1. The van der Waals surface area contributed by atoms with E-state index >= 15 is 0 Å². The number of nitrogens with zero attached hydrogens (tertiary/aromatic N) is 5. The van der Waals surface area contributed by atoms with Gasteiger partial charge < -0.3 is 14.8 Å². The Labute approximate surface area is 249 Å². The molecule has 0 atom stereocenters. The summed E-state index contributed by atoms with van der Waals surface area (Å²) in [6.45, 7) is 3.48. The molecule has 0 aliphatic carbocycles. The van der Waals surface area contributed by atoms with E-state index in [0.717, 1.165) is 51.9 Å². The number of carbonyl (C=O) groups is 2. The van der Waals surface area contributed by atoms with Crippen molar-refractivity contribution in [3.05, 3.63) is 113 Å². The highest BCUT2D eigenvalue weighted by molar-refractivity contribution is 7.20. The first kappa shape index (κ1) is 28.7. The monoisotopic (exact) mass is 576 g/mol. The van der Waals surface area contributed by atoms with E-state index in [4.69, 9.17) is 5.26 Å². The molecule has 0 fully saturated rings. The fraction of sp³-hybridized carbons (Fsp3) is 0.242. The van der Waals surface area contributed by atoms with Crippen LogP contribution in [0.4, 0.5) is 5.69 Å². The SMILES string of the molecule is CCCCCC(=O)N(Cc1cncn1Cc1ccc(C#N)cc1)c1ccc2sc(C(=O)NCc3cccnc3)cc2c1. The summed E-state index contributed by atoms with van der Waals surface area (Å²) in [4.78, 5) is 37.3. The number of unbranched alkanes of at least 4 members (excludes halogenated alkanes) is 2. The van der Waals surface area contributed by atoms with Gasteiger partial charge in [0.1, 0.15) is 0 Å². The number of benzene rings is 2. The Morgan fingerprint density at radius 1 is 1.02 bits per heavy atom. The van der Waals surface area contributed by atoms with Gasteiger partial charge in [-0.3, -0.25) is 14.6 Å². The summed E-state index contributed by atoms with van der Waals surface area (Å²) in [6.07, 6.45) is 10.3. The molecule has 0 saturated carbocycles. The van der Waals surface area contributed by atoms with Crippen LogP contribution in [0.3, 0.4) is 0 Å². The summed E-state index contributed by atoms with van der Waals surface area (Å²) >= 11 is 1.43. The van der Waals surface area contributed by atoms with Crippen molar-refractivity contribution in [2.24, 2.45) is 0 Å². The van der Waals surface area contributed by atoms with E-state index in [0.29, 0.717) is 36.5 Å². The highest BCUT2D eigenvalue weighted by Gasteiger charge is 2.20.